The van der Waals surface area contributed by atoms with Crippen LogP contribution in [0.15, 0.2) is 61.2 Å². The van der Waals surface area contributed by atoms with Gasteiger partial charge in [-0.1, -0.05) is 24.8 Å². The lowest BCUT2D eigenvalue weighted by Gasteiger charge is -2.11. The van der Waals surface area contributed by atoms with E-state index in [0.29, 0.717) is 29.2 Å². The Morgan fingerprint density at radius 3 is 2.36 bits per heavy atom. The third-order valence-corrected chi connectivity index (χ3v) is 3.21. The molecule has 0 radical (unpaired) electrons. The van der Waals surface area contributed by atoms with Crippen LogP contribution in [-0.4, -0.2) is 25.0 Å². The molecular formula is C19H20N2O4. The van der Waals surface area contributed by atoms with Gasteiger partial charge in [-0.05, 0) is 43.3 Å². The highest BCUT2D eigenvalue weighted by atomic mass is 16.5. The lowest BCUT2D eigenvalue weighted by Crippen LogP contribution is -2.41. The van der Waals surface area contributed by atoms with Crippen molar-refractivity contribution in [3.63, 3.8) is 0 Å². The molecule has 0 unspecified atom stereocenters. The van der Waals surface area contributed by atoms with Crippen LogP contribution in [0.3, 0.4) is 0 Å². The minimum absolute atomic E-state index is 0.281. The summed E-state index contributed by atoms with van der Waals surface area (Å²) in [5.41, 5.74) is 5.47. The quantitative estimate of drug-likeness (QED) is 0.600. The Hall–Kier alpha value is -3.28. The van der Waals surface area contributed by atoms with Crippen LogP contribution in [-0.2, 0) is 0 Å². The first-order valence-corrected chi connectivity index (χ1v) is 7.82. The number of carbonyl (C=O) groups is 2. The first-order chi connectivity index (χ1) is 12.2. The van der Waals surface area contributed by atoms with Gasteiger partial charge in [0.1, 0.15) is 18.1 Å². The highest BCUT2D eigenvalue weighted by Crippen LogP contribution is 2.17. The first kappa shape index (κ1) is 18.1. The van der Waals surface area contributed by atoms with E-state index in [-0.39, 0.29) is 6.61 Å². The summed E-state index contributed by atoms with van der Waals surface area (Å²) in [4.78, 5) is 24.3. The number of nitrogens with one attached hydrogen (secondary N) is 2. The molecular weight excluding hydrogens is 320 g/mol. The monoisotopic (exact) mass is 340 g/mol. The lowest BCUT2D eigenvalue weighted by atomic mass is 10.2. The summed E-state index contributed by atoms with van der Waals surface area (Å²) in [5, 5.41) is 0. The summed E-state index contributed by atoms with van der Waals surface area (Å²) < 4.78 is 10.7. The van der Waals surface area contributed by atoms with E-state index >= 15 is 0 Å². The Morgan fingerprint density at radius 2 is 1.68 bits per heavy atom. The second-order valence-corrected chi connectivity index (χ2v) is 4.96. The zero-order chi connectivity index (χ0) is 18.1. The van der Waals surface area contributed by atoms with Gasteiger partial charge in [0.05, 0.1) is 12.2 Å². The number of benzene rings is 2. The number of rotatable bonds is 7. The number of amides is 2. The van der Waals surface area contributed by atoms with Crippen molar-refractivity contribution in [2.24, 2.45) is 0 Å². The van der Waals surface area contributed by atoms with Gasteiger partial charge < -0.3 is 9.47 Å². The van der Waals surface area contributed by atoms with Crippen molar-refractivity contribution in [1.82, 2.24) is 10.9 Å². The van der Waals surface area contributed by atoms with Gasteiger partial charge in [-0.2, -0.15) is 0 Å². The molecule has 0 spiro atoms. The molecule has 2 aromatic rings. The zero-order valence-corrected chi connectivity index (χ0v) is 14.0. The van der Waals surface area contributed by atoms with Crippen molar-refractivity contribution in [2.45, 2.75) is 6.92 Å². The van der Waals surface area contributed by atoms with Crippen molar-refractivity contribution in [2.75, 3.05) is 13.2 Å². The molecule has 0 saturated carbocycles. The maximum atomic E-state index is 12.3. The van der Waals surface area contributed by atoms with Gasteiger partial charge >= 0.3 is 0 Å². The lowest BCUT2D eigenvalue weighted by molar-refractivity contribution is 0.0844. The molecule has 6 nitrogen and oxygen atoms in total. The van der Waals surface area contributed by atoms with Crippen LogP contribution in [0.1, 0.15) is 27.6 Å². The number of hydrazine groups is 1. The van der Waals surface area contributed by atoms with Crippen LogP contribution in [0.5, 0.6) is 11.5 Å². The Bertz CT molecular complexity index is 741. The highest BCUT2D eigenvalue weighted by molar-refractivity contribution is 6.00. The summed E-state index contributed by atoms with van der Waals surface area (Å²) in [5.74, 6) is 0.187. The molecule has 0 heterocycles. The molecule has 0 atom stereocenters. The van der Waals surface area contributed by atoms with Crippen molar-refractivity contribution >= 4 is 11.8 Å². The smallest absolute Gasteiger partial charge is 0.273 e. The van der Waals surface area contributed by atoms with Crippen molar-refractivity contribution in [3.8, 4) is 11.5 Å². The summed E-state index contributed by atoms with van der Waals surface area (Å²) in [7, 11) is 0. The van der Waals surface area contributed by atoms with Gasteiger partial charge in [0.15, 0.2) is 0 Å². The van der Waals surface area contributed by atoms with E-state index in [1.165, 1.54) is 0 Å². The topological polar surface area (TPSA) is 76.7 Å². The summed E-state index contributed by atoms with van der Waals surface area (Å²) in [6.45, 7) is 6.28. The molecule has 2 N–H and O–H groups in total. The Morgan fingerprint density at radius 1 is 1.00 bits per heavy atom. The predicted molar refractivity (Wildman–Crippen MR) is 94.7 cm³/mol. The van der Waals surface area contributed by atoms with Crippen molar-refractivity contribution in [3.05, 3.63) is 72.3 Å². The van der Waals surface area contributed by atoms with Gasteiger partial charge in [0, 0.05) is 5.56 Å². The van der Waals surface area contributed by atoms with Gasteiger partial charge in [0.25, 0.3) is 11.8 Å². The van der Waals surface area contributed by atoms with Crippen LogP contribution in [0.4, 0.5) is 0 Å². The molecule has 0 aliphatic heterocycles. The Labute approximate surface area is 146 Å². The number of carbonyl (C=O) groups excluding carboxylic acids is 2. The molecule has 0 aliphatic carbocycles. The van der Waals surface area contributed by atoms with Gasteiger partial charge in [-0.3, -0.25) is 20.4 Å². The van der Waals surface area contributed by atoms with Gasteiger partial charge in [-0.25, -0.2) is 0 Å². The van der Waals surface area contributed by atoms with Crippen molar-refractivity contribution in [1.29, 1.82) is 0 Å². The van der Waals surface area contributed by atoms with Crippen LogP contribution < -0.4 is 20.3 Å². The van der Waals surface area contributed by atoms with Gasteiger partial charge in [0.2, 0.25) is 0 Å². The molecule has 6 heteroatoms. The Kier molecular flexibility index (Phi) is 6.59. The van der Waals surface area contributed by atoms with E-state index in [1.807, 2.05) is 6.92 Å². The van der Waals surface area contributed by atoms with E-state index in [9.17, 15) is 9.59 Å². The van der Waals surface area contributed by atoms with E-state index < -0.39 is 11.8 Å². The van der Waals surface area contributed by atoms with Crippen LogP contribution >= 0.6 is 0 Å². The fourth-order valence-corrected chi connectivity index (χ4v) is 2.05. The molecule has 2 rings (SSSR count). The van der Waals surface area contributed by atoms with Crippen molar-refractivity contribution < 1.29 is 19.1 Å². The molecule has 25 heavy (non-hydrogen) atoms. The maximum absolute atomic E-state index is 12.3. The number of para-hydroxylation sites is 1. The standard InChI is InChI=1S/C19H20N2O4/c1-3-13-25-17-8-6-5-7-16(17)19(23)21-20-18(22)14-9-11-15(12-10-14)24-4-2/h3,5-12H,1,4,13H2,2H3,(H,20,22)(H,21,23). The molecule has 0 aromatic heterocycles. The van der Waals surface area contributed by atoms with Crippen LogP contribution in [0, 0.1) is 0 Å². The van der Waals surface area contributed by atoms with E-state index in [1.54, 1.807) is 54.6 Å². The zero-order valence-electron chi connectivity index (χ0n) is 14.0. The Balaban J connectivity index is 1.97. The third-order valence-electron chi connectivity index (χ3n) is 3.21. The highest BCUT2D eigenvalue weighted by Gasteiger charge is 2.13. The predicted octanol–water partition coefficient (Wildman–Crippen LogP) is 2.72. The minimum atomic E-state index is -0.473. The molecule has 2 aromatic carbocycles. The van der Waals surface area contributed by atoms with E-state index in [2.05, 4.69) is 17.4 Å². The normalized spacial score (nSPS) is 9.80. The average molecular weight is 340 g/mol. The molecule has 2 amide bonds. The van der Waals surface area contributed by atoms with E-state index in [4.69, 9.17) is 9.47 Å². The summed E-state index contributed by atoms with van der Waals surface area (Å²) in [6, 6.07) is 13.4. The summed E-state index contributed by atoms with van der Waals surface area (Å²) >= 11 is 0. The molecule has 0 aliphatic rings. The summed E-state index contributed by atoms with van der Waals surface area (Å²) in [6.07, 6.45) is 1.59. The number of hydrogen-bond acceptors (Lipinski definition) is 4. The van der Waals surface area contributed by atoms with Crippen LogP contribution in [0.2, 0.25) is 0 Å². The SMILES string of the molecule is C=CCOc1ccccc1C(=O)NNC(=O)c1ccc(OCC)cc1. The molecule has 0 saturated heterocycles. The maximum Gasteiger partial charge on any atom is 0.273 e. The minimum Gasteiger partial charge on any atom is -0.494 e. The average Bonchev–Trinajstić information content (AvgIpc) is 2.65. The molecule has 130 valence electrons. The largest absolute Gasteiger partial charge is 0.494 e. The van der Waals surface area contributed by atoms with Crippen LogP contribution in [0.25, 0.3) is 0 Å². The molecule has 0 bridgehead atoms. The van der Waals surface area contributed by atoms with Gasteiger partial charge in [-0.15, -0.1) is 0 Å². The number of hydrogen-bond donors (Lipinski definition) is 2. The fraction of sp³-hybridized carbons (Fsp3) is 0.158. The first-order valence-electron chi connectivity index (χ1n) is 7.82. The second-order valence-electron chi connectivity index (χ2n) is 4.96. The molecule has 0 fully saturated rings. The number of ether oxygens (including phenoxy) is 2. The third kappa shape index (κ3) is 5.10. The van der Waals surface area contributed by atoms with E-state index in [0.717, 1.165) is 0 Å². The second kappa shape index (κ2) is 9.12. The fourth-order valence-electron chi connectivity index (χ4n) is 2.05.